The Kier molecular flexibility index (Phi) is 4.29. The number of aliphatic hydroxyl groups is 1. The number of hydrogen-bond acceptors (Lipinski definition) is 3. The van der Waals surface area contributed by atoms with Crippen LogP contribution in [0.1, 0.15) is 31.2 Å². The van der Waals surface area contributed by atoms with Crippen molar-refractivity contribution in [3.05, 3.63) is 35.6 Å². The molecule has 0 saturated heterocycles. The number of hydrogen-bond donors (Lipinski definition) is 3. The highest BCUT2D eigenvalue weighted by Crippen LogP contribution is 2.28. The van der Waals surface area contributed by atoms with Gasteiger partial charge >= 0.3 is 6.03 Å². The number of amides is 2. The molecule has 20 heavy (non-hydrogen) atoms. The van der Waals surface area contributed by atoms with Crippen molar-refractivity contribution in [1.29, 1.82) is 0 Å². The van der Waals surface area contributed by atoms with Crippen molar-refractivity contribution in [1.82, 2.24) is 10.6 Å². The largest absolute Gasteiger partial charge is 0.459 e. The zero-order valence-corrected chi connectivity index (χ0v) is 11.9. The number of carbonyl (C=O) groups is 1. The van der Waals surface area contributed by atoms with Crippen molar-refractivity contribution in [3.8, 4) is 0 Å². The quantitative estimate of drug-likeness (QED) is 0.803. The van der Waals surface area contributed by atoms with Gasteiger partial charge in [0.1, 0.15) is 11.3 Å². The third-order valence-electron chi connectivity index (χ3n) is 3.27. The van der Waals surface area contributed by atoms with Crippen LogP contribution in [0.25, 0.3) is 11.0 Å². The standard InChI is InChI=1S/C15H20N2O3/c1-9(8-18)16-15(19)17-11(3)14-10(2)12-6-4-5-7-13(12)20-14/h4-7,9,11,18H,8H2,1-3H3,(H2,16,17,19)/t9-,11?/m0/s1. The van der Waals surface area contributed by atoms with E-state index in [1.165, 1.54) is 0 Å². The Morgan fingerprint density at radius 1 is 1.30 bits per heavy atom. The van der Waals surface area contributed by atoms with Crippen LogP contribution in [0.3, 0.4) is 0 Å². The van der Waals surface area contributed by atoms with Gasteiger partial charge in [0.05, 0.1) is 18.7 Å². The van der Waals surface area contributed by atoms with Gasteiger partial charge in [0.15, 0.2) is 0 Å². The molecule has 2 rings (SSSR count). The minimum Gasteiger partial charge on any atom is -0.459 e. The number of benzene rings is 1. The molecule has 0 fully saturated rings. The van der Waals surface area contributed by atoms with E-state index in [1.54, 1.807) is 6.92 Å². The molecule has 0 saturated carbocycles. The SMILES string of the molecule is Cc1c(C(C)NC(=O)N[C@@H](C)CO)oc2ccccc12. The maximum atomic E-state index is 11.7. The second kappa shape index (κ2) is 5.96. The first-order chi connectivity index (χ1) is 9.52. The zero-order valence-electron chi connectivity index (χ0n) is 11.9. The fraction of sp³-hybridized carbons (Fsp3) is 0.400. The van der Waals surface area contributed by atoms with Gasteiger partial charge in [0.25, 0.3) is 0 Å². The van der Waals surface area contributed by atoms with Gasteiger partial charge in [-0.25, -0.2) is 4.79 Å². The summed E-state index contributed by atoms with van der Waals surface area (Å²) in [7, 11) is 0. The molecule has 5 heteroatoms. The summed E-state index contributed by atoms with van der Waals surface area (Å²) >= 11 is 0. The van der Waals surface area contributed by atoms with Gasteiger partial charge in [-0.3, -0.25) is 0 Å². The summed E-state index contributed by atoms with van der Waals surface area (Å²) in [6.45, 7) is 5.49. The summed E-state index contributed by atoms with van der Waals surface area (Å²) in [6.07, 6.45) is 0. The van der Waals surface area contributed by atoms with Crippen molar-refractivity contribution in [2.45, 2.75) is 32.9 Å². The molecule has 0 aliphatic carbocycles. The Labute approximate surface area is 118 Å². The van der Waals surface area contributed by atoms with E-state index >= 15 is 0 Å². The first-order valence-electron chi connectivity index (χ1n) is 6.68. The zero-order chi connectivity index (χ0) is 14.7. The molecule has 5 nitrogen and oxygen atoms in total. The van der Waals surface area contributed by atoms with Crippen LogP contribution in [0.15, 0.2) is 28.7 Å². The highest BCUT2D eigenvalue weighted by atomic mass is 16.3. The number of aryl methyl sites for hydroxylation is 1. The molecular formula is C15H20N2O3. The van der Waals surface area contributed by atoms with Crippen molar-refractivity contribution in [2.75, 3.05) is 6.61 Å². The summed E-state index contributed by atoms with van der Waals surface area (Å²) in [5.74, 6) is 0.748. The molecule has 2 amide bonds. The lowest BCUT2D eigenvalue weighted by atomic mass is 10.1. The number of rotatable bonds is 4. The monoisotopic (exact) mass is 276 g/mol. The normalized spacial score (nSPS) is 14.0. The number of urea groups is 1. The lowest BCUT2D eigenvalue weighted by molar-refractivity contribution is 0.217. The third-order valence-corrected chi connectivity index (χ3v) is 3.27. The Balaban J connectivity index is 2.13. The Morgan fingerprint density at radius 2 is 2.00 bits per heavy atom. The van der Waals surface area contributed by atoms with Gasteiger partial charge in [0, 0.05) is 10.9 Å². The lowest BCUT2D eigenvalue weighted by Crippen LogP contribution is -2.43. The topological polar surface area (TPSA) is 74.5 Å². The van der Waals surface area contributed by atoms with E-state index in [0.29, 0.717) is 0 Å². The molecular weight excluding hydrogens is 256 g/mol. The number of aliphatic hydroxyl groups excluding tert-OH is 1. The average Bonchev–Trinajstić information content (AvgIpc) is 2.76. The van der Waals surface area contributed by atoms with Crippen LogP contribution in [0.2, 0.25) is 0 Å². The van der Waals surface area contributed by atoms with Crippen molar-refractivity contribution in [2.24, 2.45) is 0 Å². The first kappa shape index (κ1) is 14.4. The smallest absolute Gasteiger partial charge is 0.315 e. The minimum atomic E-state index is -0.320. The number of furan rings is 1. The molecule has 1 aromatic carbocycles. The summed E-state index contributed by atoms with van der Waals surface area (Å²) in [5.41, 5.74) is 1.85. The lowest BCUT2D eigenvalue weighted by Gasteiger charge is -2.16. The first-order valence-corrected chi connectivity index (χ1v) is 6.68. The number of fused-ring (bicyclic) bond motifs is 1. The molecule has 0 bridgehead atoms. The Hall–Kier alpha value is -2.01. The summed E-state index contributed by atoms with van der Waals surface area (Å²) in [5, 5.41) is 15.4. The molecule has 0 spiro atoms. The Morgan fingerprint density at radius 3 is 2.65 bits per heavy atom. The Bertz CT molecular complexity index is 606. The highest BCUT2D eigenvalue weighted by molar-refractivity contribution is 5.82. The fourth-order valence-corrected chi connectivity index (χ4v) is 2.18. The molecule has 2 atom stereocenters. The number of carbonyl (C=O) groups excluding carboxylic acids is 1. The average molecular weight is 276 g/mol. The molecule has 0 aliphatic rings. The van der Waals surface area contributed by atoms with Crippen LogP contribution >= 0.6 is 0 Å². The van der Waals surface area contributed by atoms with E-state index in [9.17, 15) is 4.79 Å². The molecule has 108 valence electrons. The van der Waals surface area contributed by atoms with Crippen molar-refractivity contribution in [3.63, 3.8) is 0 Å². The van der Waals surface area contributed by atoms with E-state index in [0.717, 1.165) is 22.3 Å². The van der Waals surface area contributed by atoms with E-state index in [2.05, 4.69) is 10.6 Å². The van der Waals surface area contributed by atoms with Gasteiger partial charge < -0.3 is 20.2 Å². The van der Waals surface area contributed by atoms with Crippen LogP contribution in [0.5, 0.6) is 0 Å². The van der Waals surface area contributed by atoms with Crippen LogP contribution in [0, 0.1) is 6.92 Å². The summed E-state index contributed by atoms with van der Waals surface area (Å²) in [6, 6.07) is 6.95. The van der Waals surface area contributed by atoms with E-state index < -0.39 is 0 Å². The number of nitrogens with one attached hydrogen (secondary N) is 2. The second-order valence-corrected chi connectivity index (χ2v) is 5.01. The summed E-state index contributed by atoms with van der Waals surface area (Å²) in [4.78, 5) is 11.7. The highest BCUT2D eigenvalue weighted by Gasteiger charge is 2.18. The van der Waals surface area contributed by atoms with Crippen molar-refractivity contribution < 1.29 is 14.3 Å². The van der Waals surface area contributed by atoms with E-state index in [4.69, 9.17) is 9.52 Å². The predicted molar refractivity (Wildman–Crippen MR) is 77.6 cm³/mol. The predicted octanol–water partition coefficient (Wildman–Crippen LogP) is 2.48. The van der Waals surface area contributed by atoms with Crippen LogP contribution in [-0.4, -0.2) is 23.8 Å². The van der Waals surface area contributed by atoms with Gasteiger partial charge in [-0.1, -0.05) is 18.2 Å². The number of para-hydroxylation sites is 1. The molecule has 2 aromatic rings. The maximum Gasteiger partial charge on any atom is 0.315 e. The van der Waals surface area contributed by atoms with Crippen LogP contribution < -0.4 is 10.6 Å². The van der Waals surface area contributed by atoms with Gasteiger partial charge in [-0.2, -0.15) is 0 Å². The van der Waals surface area contributed by atoms with Crippen molar-refractivity contribution >= 4 is 17.0 Å². The molecule has 1 unspecified atom stereocenters. The van der Waals surface area contributed by atoms with Crippen LogP contribution in [-0.2, 0) is 0 Å². The van der Waals surface area contributed by atoms with Gasteiger partial charge in [-0.05, 0) is 26.8 Å². The molecule has 1 heterocycles. The molecule has 0 aliphatic heterocycles. The van der Waals surface area contributed by atoms with Gasteiger partial charge in [-0.15, -0.1) is 0 Å². The third kappa shape index (κ3) is 2.93. The molecule has 3 N–H and O–H groups in total. The van der Waals surface area contributed by atoms with E-state index in [1.807, 2.05) is 38.1 Å². The van der Waals surface area contributed by atoms with Gasteiger partial charge in [0.2, 0.25) is 0 Å². The maximum absolute atomic E-state index is 11.7. The molecule has 0 radical (unpaired) electrons. The second-order valence-electron chi connectivity index (χ2n) is 5.01. The molecule has 1 aromatic heterocycles. The summed E-state index contributed by atoms with van der Waals surface area (Å²) < 4.78 is 5.80. The van der Waals surface area contributed by atoms with Crippen LogP contribution in [0.4, 0.5) is 4.79 Å². The fourth-order valence-electron chi connectivity index (χ4n) is 2.18. The van der Waals surface area contributed by atoms with E-state index in [-0.39, 0.29) is 24.7 Å². The minimum absolute atomic E-state index is 0.0918.